The Bertz CT molecular complexity index is 187. The minimum Gasteiger partial charge on any atom is -0.251 e. The van der Waals surface area contributed by atoms with Crippen LogP contribution in [0.4, 0.5) is 8.78 Å². The molecule has 0 N–H and O–H groups in total. The van der Waals surface area contributed by atoms with Gasteiger partial charge in [0.15, 0.2) is 0 Å². The van der Waals surface area contributed by atoms with Crippen LogP contribution in [0.25, 0.3) is 0 Å². The lowest BCUT2D eigenvalue weighted by molar-refractivity contribution is 0.0437. The SMILES string of the molecule is CSN1CCC2(CC1)CC2(F)F. The van der Waals surface area contributed by atoms with Crippen LogP contribution in [0.5, 0.6) is 0 Å². The van der Waals surface area contributed by atoms with Crippen molar-refractivity contribution in [2.45, 2.75) is 25.2 Å². The number of alkyl halides is 2. The fourth-order valence-corrected chi connectivity index (χ4v) is 2.57. The first-order valence-corrected chi connectivity index (χ1v) is 5.45. The predicted molar refractivity (Wildman–Crippen MR) is 46.3 cm³/mol. The van der Waals surface area contributed by atoms with E-state index in [9.17, 15) is 8.78 Å². The molecule has 0 aromatic rings. The van der Waals surface area contributed by atoms with Gasteiger partial charge in [-0.25, -0.2) is 8.78 Å². The summed E-state index contributed by atoms with van der Waals surface area (Å²) >= 11 is 1.66. The van der Waals surface area contributed by atoms with Crippen molar-refractivity contribution in [3.63, 3.8) is 0 Å². The summed E-state index contributed by atoms with van der Waals surface area (Å²) in [5, 5.41) is 0. The molecule has 1 nitrogen and oxygen atoms in total. The average Bonchev–Trinajstić information content (AvgIpc) is 2.55. The highest BCUT2D eigenvalue weighted by atomic mass is 32.2. The van der Waals surface area contributed by atoms with Crippen LogP contribution >= 0.6 is 11.9 Å². The van der Waals surface area contributed by atoms with E-state index in [2.05, 4.69) is 4.31 Å². The number of rotatable bonds is 1. The van der Waals surface area contributed by atoms with Gasteiger partial charge in [-0.1, -0.05) is 11.9 Å². The van der Waals surface area contributed by atoms with Crippen molar-refractivity contribution in [2.75, 3.05) is 19.3 Å². The quantitative estimate of drug-likeness (QED) is 0.588. The van der Waals surface area contributed by atoms with Crippen LogP contribution in [0.1, 0.15) is 19.3 Å². The zero-order valence-corrected chi connectivity index (χ0v) is 7.96. The maximum atomic E-state index is 12.9. The van der Waals surface area contributed by atoms with Crippen LogP contribution in [0, 0.1) is 5.41 Å². The maximum Gasteiger partial charge on any atom is 0.254 e. The van der Waals surface area contributed by atoms with E-state index in [1.807, 2.05) is 6.26 Å². The fraction of sp³-hybridized carbons (Fsp3) is 1.00. The Labute approximate surface area is 75.6 Å². The summed E-state index contributed by atoms with van der Waals surface area (Å²) in [6.07, 6.45) is 3.51. The minimum absolute atomic E-state index is 0.141. The number of hydrogen-bond acceptors (Lipinski definition) is 2. The molecule has 0 aromatic heterocycles. The van der Waals surface area contributed by atoms with Crippen LogP contribution in [0.15, 0.2) is 0 Å². The molecule has 70 valence electrons. The van der Waals surface area contributed by atoms with Gasteiger partial charge in [-0.3, -0.25) is 4.31 Å². The van der Waals surface area contributed by atoms with Crippen molar-refractivity contribution >= 4 is 11.9 Å². The van der Waals surface area contributed by atoms with Crippen molar-refractivity contribution in [1.29, 1.82) is 0 Å². The molecule has 0 bridgehead atoms. The molecular weight excluding hydrogens is 180 g/mol. The molecule has 1 heterocycles. The van der Waals surface area contributed by atoms with Crippen LogP contribution < -0.4 is 0 Å². The molecule has 4 heteroatoms. The number of hydrogen-bond donors (Lipinski definition) is 0. The smallest absolute Gasteiger partial charge is 0.251 e. The van der Waals surface area contributed by atoms with Crippen LogP contribution in [-0.2, 0) is 0 Å². The summed E-state index contributed by atoms with van der Waals surface area (Å²) in [5.74, 6) is -2.34. The largest absolute Gasteiger partial charge is 0.254 e. The lowest BCUT2D eigenvalue weighted by atomic mass is 9.94. The Balaban J connectivity index is 1.92. The van der Waals surface area contributed by atoms with Crippen molar-refractivity contribution in [2.24, 2.45) is 5.41 Å². The molecule has 1 spiro atoms. The van der Waals surface area contributed by atoms with Crippen molar-refractivity contribution < 1.29 is 8.78 Å². The highest BCUT2D eigenvalue weighted by Crippen LogP contribution is 2.66. The molecule has 0 aromatic carbocycles. The van der Waals surface area contributed by atoms with Crippen molar-refractivity contribution in [3.8, 4) is 0 Å². The van der Waals surface area contributed by atoms with E-state index in [0.29, 0.717) is 12.8 Å². The third kappa shape index (κ3) is 1.16. The molecule has 0 radical (unpaired) electrons. The Kier molecular flexibility index (Phi) is 1.88. The zero-order valence-electron chi connectivity index (χ0n) is 7.15. The summed E-state index contributed by atoms with van der Waals surface area (Å²) in [7, 11) is 0. The van der Waals surface area contributed by atoms with E-state index in [1.54, 1.807) is 11.9 Å². The first-order valence-electron chi connectivity index (χ1n) is 4.27. The third-order valence-corrected chi connectivity index (χ3v) is 4.03. The van der Waals surface area contributed by atoms with E-state index >= 15 is 0 Å². The monoisotopic (exact) mass is 193 g/mol. The average molecular weight is 193 g/mol. The molecule has 0 atom stereocenters. The molecule has 1 aliphatic heterocycles. The number of halogens is 2. The highest BCUT2D eigenvalue weighted by molar-refractivity contribution is 7.96. The van der Waals surface area contributed by atoms with E-state index in [0.717, 1.165) is 13.1 Å². The van der Waals surface area contributed by atoms with Gasteiger partial charge in [0, 0.05) is 24.9 Å². The lowest BCUT2D eigenvalue weighted by Crippen LogP contribution is -2.31. The Hall–Kier alpha value is 0.170. The van der Waals surface area contributed by atoms with Gasteiger partial charge in [0.2, 0.25) is 0 Å². The van der Waals surface area contributed by atoms with E-state index in [1.165, 1.54) is 0 Å². The Morgan fingerprint density at radius 2 is 1.75 bits per heavy atom. The van der Waals surface area contributed by atoms with Gasteiger partial charge in [-0.05, 0) is 19.1 Å². The Morgan fingerprint density at radius 1 is 1.25 bits per heavy atom. The van der Waals surface area contributed by atoms with Crippen molar-refractivity contribution in [3.05, 3.63) is 0 Å². The number of piperidine rings is 1. The van der Waals surface area contributed by atoms with Gasteiger partial charge < -0.3 is 0 Å². The molecule has 1 saturated heterocycles. The van der Waals surface area contributed by atoms with E-state index < -0.39 is 11.3 Å². The van der Waals surface area contributed by atoms with Gasteiger partial charge >= 0.3 is 0 Å². The second-order valence-electron chi connectivity index (χ2n) is 3.77. The van der Waals surface area contributed by atoms with E-state index in [4.69, 9.17) is 0 Å². The fourth-order valence-electron chi connectivity index (χ4n) is 2.02. The summed E-state index contributed by atoms with van der Waals surface area (Å²) in [4.78, 5) is 0. The predicted octanol–water partition coefficient (Wildman–Crippen LogP) is 2.39. The molecular formula is C8H13F2NS. The zero-order chi connectivity index (χ0) is 8.82. The Morgan fingerprint density at radius 3 is 2.08 bits per heavy atom. The van der Waals surface area contributed by atoms with Gasteiger partial charge in [0.25, 0.3) is 5.92 Å². The number of nitrogens with zero attached hydrogens (tertiary/aromatic N) is 1. The molecule has 1 saturated carbocycles. The molecule has 1 aliphatic carbocycles. The normalized spacial score (nSPS) is 32.2. The van der Waals surface area contributed by atoms with Gasteiger partial charge in [0.05, 0.1) is 0 Å². The topological polar surface area (TPSA) is 3.24 Å². The van der Waals surface area contributed by atoms with Gasteiger partial charge in [-0.2, -0.15) is 0 Å². The van der Waals surface area contributed by atoms with Gasteiger partial charge in [0.1, 0.15) is 0 Å². The molecule has 2 fully saturated rings. The summed E-state index contributed by atoms with van der Waals surface area (Å²) < 4.78 is 27.9. The second kappa shape index (κ2) is 2.58. The third-order valence-electron chi connectivity index (χ3n) is 3.15. The second-order valence-corrected chi connectivity index (χ2v) is 4.65. The molecule has 2 aliphatic rings. The van der Waals surface area contributed by atoms with Gasteiger partial charge in [-0.15, -0.1) is 0 Å². The molecule has 0 unspecified atom stereocenters. The molecule has 2 rings (SSSR count). The standard InChI is InChI=1S/C8H13F2NS/c1-12-11-4-2-7(3-5-11)6-8(7,9)10/h2-6H2,1H3. The lowest BCUT2D eigenvalue weighted by Gasteiger charge is -2.30. The maximum absolute atomic E-state index is 12.9. The summed E-state index contributed by atoms with van der Waals surface area (Å²) in [6.45, 7) is 1.66. The van der Waals surface area contributed by atoms with Crippen LogP contribution in [0.3, 0.4) is 0 Å². The highest BCUT2D eigenvalue weighted by Gasteiger charge is 2.70. The summed E-state index contributed by atoms with van der Waals surface area (Å²) in [5.41, 5.74) is -0.584. The molecule has 0 amide bonds. The summed E-state index contributed by atoms with van der Waals surface area (Å²) in [6, 6.07) is 0. The first kappa shape index (κ1) is 8.75. The minimum atomic E-state index is -2.34. The van der Waals surface area contributed by atoms with Crippen LogP contribution in [-0.4, -0.2) is 29.6 Å². The van der Waals surface area contributed by atoms with E-state index in [-0.39, 0.29) is 6.42 Å². The first-order chi connectivity index (χ1) is 5.60. The molecule has 12 heavy (non-hydrogen) atoms. The van der Waals surface area contributed by atoms with Crippen LogP contribution in [0.2, 0.25) is 0 Å². The van der Waals surface area contributed by atoms with Crippen molar-refractivity contribution in [1.82, 2.24) is 4.31 Å².